The van der Waals surface area contributed by atoms with Crippen molar-refractivity contribution in [3.05, 3.63) is 23.8 Å². The maximum atomic E-state index is 12.7. The summed E-state index contributed by atoms with van der Waals surface area (Å²) >= 11 is 0. The van der Waals surface area contributed by atoms with Crippen molar-refractivity contribution in [2.75, 3.05) is 71.3 Å². The summed E-state index contributed by atoms with van der Waals surface area (Å²) in [5.41, 5.74) is 7.14. The van der Waals surface area contributed by atoms with Gasteiger partial charge in [0.05, 0.1) is 77.3 Å². The lowest BCUT2D eigenvalue weighted by Gasteiger charge is -2.17. The summed E-state index contributed by atoms with van der Waals surface area (Å²) in [4.78, 5) is 59.8. The van der Waals surface area contributed by atoms with Crippen LogP contribution < -0.4 is 26.4 Å². The third-order valence-electron chi connectivity index (χ3n) is 6.14. The Morgan fingerprint density at radius 2 is 1.42 bits per heavy atom. The van der Waals surface area contributed by atoms with Crippen molar-refractivity contribution in [3.63, 3.8) is 0 Å². The molecule has 248 valence electrons. The molecule has 2 atom stereocenters. The average molecular weight is 635 g/mol. The molecule has 0 saturated heterocycles. The minimum atomic E-state index is -0.935. The van der Waals surface area contributed by atoms with Crippen LogP contribution in [-0.2, 0) is 49.3 Å². The van der Waals surface area contributed by atoms with Crippen molar-refractivity contribution >= 4 is 35.3 Å². The number of ether oxygens (including phenoxy) is 5. The molecule has 1 aromatic carbocycles. The van der Waals surface area contributed by atoms with E-state index < -0.39 is 35.7 Å². The van der Waals surface area contributed by atoms with Gasteiger partial charge < -0.3 is 50.5 Å². The molecule has 45 heavy (non-hydrogen) atoms. The number of carbonyl (C=O) groups excluding carboxylic acids is 4. The maximum absolute atomic E-state index is 12.7. The van der Waals surface area contributed by atoms with Crippen molar-refractivity contribution in [3.8, 4) is 17.6 Å². The zero-order valence-electron chi connectivity index (χ0n) is 25.4. The first-order valence-electron chi connectivity index (χ1n) is 14.6. The van der Waals surface area contributed by atoms with Gasteiger partial charge in [0.15, 0.2) is 5.75 Å². The van der Waals surface area contributed by atoms with Gasteiger partial charge in [0.25, 0.3) is 11.8 Å². The molecule has 0 aliphatic carbocycles. The van der Waals surface area contributed by atoms with Crippen molar-refractivity contribution in [2.24, 2.45) is 11.7 Å². The lowest BCUT2D eigenvalue weighted by Crippen LogP contribution is -2.28. The van der Waals surface area contributed by atoms with E-state index in [4.69, 9.17) is 29.4 Å². The number of carboxylic acids is 1. The molecule has 3 amide bonds. The average Bonchev–Trinajstić information content (AvgIpc) is 2.99. The Morgan fingerprint density at radius 3 is 2.00 bits per heavy atom. The van der Waals surface area contributed by atoms with Gasteiger partial charge in [-0.2, -0.15) is 0 Å². The van der Waals surface area contributed by atoms with Crippen LogP contribution in [0.15, 0.2) is 18.2 Å². The minimum absolute atomic E-state index is 0.00543. The highest BCUT2D eigenvalue weighted by Crippen LogP contribution is 2.27. The Hall–Kier alpha value is -4.07. The summed E-state index contributed by atoms with van der Waals surface area (Å²) in [5.74, 6) is 0.746. The van der Waals surface area contributed by atoms with Gasteiger partial charge in [-0.15, -0.1) is 0 Å². The number of carbonyl (C=O) groups is 5. The molecule has 2 rings (SSSR count). The maximum Gasteiger partial charge on any atom is 0.313 e. The number of rotatable bonds is 5. The smallest absolute Gasteiger partial charge is 0.313 e. The van der Waals surface area contributed by atoms with Crippen LogP contribution in [0.3, 0.4) is 0 Å². The monoisotopic (exact) mass is 634 g/mol. The van der Waals surface area contributed by atoms with Crippen molar-refractivity contribution < 1.29 is 52.8 Å². The number of carboxylic acid groups (broad SMARTS) is 1. The number of anilines is 1. The van der Waals surface area contributed by atoms with Gasteiger partial charge in [-0.1, -0.05) is 13.0 Å². The second kappa shape index (κ2) is 21.6. The molecule has 1 aromatic rings. The lowest BCUT2D eigenvalue weighted by atomic mass is 9.96. The fraction of sp³-hybridized carbons (Fsp3) is 0.567. The Kier molecular flexibility index (Phi) is 17.8. The van der Waals surface area contributed by atoms with Crippen molar-refractivity contribution in [1.29, 1.82) is 0 Å². The molecule has 0 saturated carbocycles. The van der Waals surface area contributed by atoms with Crippen LogP contribution in [0.5, 0.6) is 5.75 Å². The van der Waals surface area contributed by atoms with Gasteiger partial charge in [-0.3, -0.25) is 24.0 Å². The number of hydrogen-bond acceptors (Lipinski definition) is 11. The molecule has 1 heterocycles. The normalized spacial score (nSPS) is 19.0. The molecule has 6 N–H and O–H groups in total. The summed E-state index contributed by atoms with van der Waals surface area (Å²) in [5, 5.41) is 16.9. The van der Waals surface area contributed by atoms with E-state index in [1.54, 1.807) is 25.1 Å². The SMILES string of the molecule is CC(C[C@@H](N)Cc1ccc2c(c1)NC(=O)CCOCCOCCNC(=O)C#CC(=O)NCCOCCOCCC(=O)O2)C(=O)O. The summed E-state index contributed by atoms with van der Waals surface area (Å²) in [6.45, 7) is 3.34. The Labute approximate surface area is 261 Å². The predicted octanol–water partition coefficient (Wildman–Crippen LogP) is -0.393. The van der Waals surface area contributed by atoms with Crippen LogP contribution in [0.2, 0.25) is 0 Å². The predicted molar refractivity (Wildman–Crippen MR) is 160 cm³/mol. The molecule has 15 nitrogen and oxygen atoms in total. The summed E-state index contributed by atoms with van der Waals surface area (Å²) in [6.07, 6.45) is 0.549. The number of fused-ring (bicyclic) bond motifs is 1. The highest BCUT2D eigenvalue weighted by molar-refractivity contribution is 6.02. The molecule has 0 fully saturated rings. The first kappa shape index (κ1) is 37.1. The summed E-state index contributed by atoms with van der Waals surface area (Å²) < 4.78 is 27.1. The van der Waals surface area contributed by atoms with Crippen molar-refractivity contribution in [2.45, 2.75) is 38.6 Å². The molecular weight excluding hydrogens is 592 g/mol. The second-order valence-electron chi connectivity index (χ2n) is 10.0. The van der Waals surface area contributed by atoms with E-state index in [0.717, 1.165) is 5.56 Å². The fourth-order valence-electron chi connectivity index (χ4n) is 3.86. The van der Waals surface area contributed by atoms with Gasteiger partial charge in [0.2, 0.25) is 5.91 Å². The van der Waals surface area contributed by atoms with E-state index in [2.05, 4.69) is 27.8 Å². The third-order valence-corrected chi connectivity index (χ3v) is 6.14. The lowest BCUT2D eigenvalue weighted by molar-refractivity contribution is -0.141. The highest BCUT2D eigenvalue weighted by atomic mass is 16.5. The first-order chi connectivity index (χ1) is 21.6. The minimum Gasteiger partial charge on any atom is -0.481 e. The number of benzene rings is 1. The Balaban J connectivity index is 2.00. The Morgan fingerprint density at radius 1 is 0.867 bits per heavy atom. The largest absolute Gasteiger partial charge is 0.481 e. The van der Waals surface area contributed by atoms with Crippen LogP contribution in [0, 0.1) is 17.8 Å². The zero-order valence-corrected chi connectivity index (χ0v) is 25.4. The fourth-order valence-corrected chi connectivity index (χ4v) is 3.86. The molecule has 0 aromatic heterocycles. The van der Waals surface area contributed by atoms with Gasteiger partial charge in [0.1, 0.15) is 0 Å². The summed E-state index contributed by atoms with van der Waals surface area (Å²) in [6, 6.07) is 4.44. The number of nitrogens with one attached hydrogen (secondary N) is 3. The van der Waals surface area contributed by atoms with E-state index >= 15 is 0 Å². The highest BCUT2D eigenvalue weighted by Gasteiger charge is 2.18. The molecule has 1 aliphatic rings. The van der Waals surface area contributed by atoms with Gasteiger partial charge in [-0.25, -0.2) is 0 Å². The molecule has 1 unspecified atom stereocenters. The van der Waals surface area contributed by atoms with E-state index in [-0.39, 0.29) is 103 Å². The second-order valence-corrected chi connectivity index (χ2v) is 10.0. The number of amides is 3. The molecule has 15 heteroatoms. The molecular formula is C30H42N4O11. The Bertz CT molecular complexity index is 1200. The van der Waals surface area contributed by atoms with E-state index in [0.29, 0.717) is 6.42 Å². The number of esters is 1. The third kappa shape index (κ3) is 17.1. The van der Waals surface area contributed by atoms with Crippen LogP contribution >= 0.6 is 0 Å². The molecule has 0 bridgehead atoms. The van der Waals surface area contributed by atoms with Crippen LogP contribution in [-0.4, -0.2) is 107 Å². The first-order valence-corrected chi connectivity index (χ1v) is 14.6. The van der Waals surface area contributed by atoms with Crippen LogP contribution in [0.4, 0.5) is 5.69 Å². The van der Waals surface area contributed by atoms with Crippen LogP contribution in [0.25, 0.3) is 0 Å². The van der Waals surface area contributed by atoms with Gasteiger partial charge in [-0.05, 0) is 30.5 Å². The molecule has 0 radical (unpaired) electrons. The topological polar surface area (TPSA) is 214 Å². The summed E-state index contributed by atoms with van der Waals surface area (Å²) in [7, 11) is 0. The van der Waals surface area contributed by atoms with E-state index in [1.165, 1.54) is 0 Å². The van der Waals surface area contributed by atoms with Gasteiger partial charge >= 0.3 is 11.9 Å². The van der Waals surface area contributed by atoms with E-state index in [9.17, 15) is 29.1 Å². The van der Waals surface area contributed by atoms with Crippen LogP contribution in [0.1, 0.15) is 31.7 Å². The number of aliphatic carboxylic acids is 1. The zero-order chi connectivity index (χ0) is 32.9. The molecule has 0 spiro atoms. The molecule has 1 aliphatic heterocycles. The quantitative estimate of drug-likeness (QED) is 0.159. The van der Waals surface area contributed by atoms with E-state index in [1.807, 2.05) is 0 Å². The number of nitrogens with two attached hydrogens (primary N) is 1. The van der Waals surface area contributed by atoms with Crippen molar-refractivity contribution in [1.82, 2.24) is 10.6 Å². The van der Waals surface area contributed by atoms with Gasteiger partial charge in [0, 0.05) is 31.0 Å². The number of hydrogen-bond donors (Lipinski definition) is 5. The standard InChI is InChI=1S/C30H42N4O11/c1-21(30(39)40)18-23(31)19-22-2-3-25-24(20-22)34-28(37)6-10-41-14-16-43-12-8-32-26(35)4-5-27(36)33-9-13-44-17-15-42-11-7-29(38)45-25/h2-3,20-21,23H,6-19,31H2,1H3,(H,32,35)(H,33,36)(H,34,37)(H,39,40)/t21?,23-/m1/s1.